The van der Waals surface area contributed by atoms with Gasteiger partial charge in [-0.15, -0.1) is 0 Å². The first-order valence-corrected chi connectivity index (χ1v) is 5.88. The van der Waals surface area contributed by atoms with Gasteiger partial charge in [-0.05, 0) is 44.5 Å². The van der Waals surface area contributed by atoms with Crippen molar-refractivity contribution in [1.29, 1.82) is 0 Å². The molecule has 0 bridgehead atoms. The summed E-state index contributed by atoms with van der Waals surface area (Å²) in [6.07, 6.45) is 0.0918. The standard InChI is InChI=1S/C14H21NO3/c1-10-8-11(6-7-12(10)18-5)15(4)14(2,3)9-13(16)17/h6-8H,9H2,1-5H3,(H,16,17). The zero-order chi connectivity index (χ0) is 13.9. The molecule has 1 N–H and O–H groups in total. The Balaban J connectivity index is 2.99. The van der Waals surface area contributed by atoms with Gasteiger partial charge in [-0.1, -0.05) is 0 Å². The number of methoxy groups -OCH3 is 1. The number of hydrogen-bond donors (Lipinski definition) is 1. The summed E-state index contributed by atoms with van der Waals surface area (Å²) < 4.78 is 5.22. The van der Waals surface area contributed by atoms with Gasteiger partial charge in [-0.25, -0.2) is 0 Å². The lowest BCUT2D eigenvalue weighted by molar-refractivity contribution is -0.138. The summed E-state index contributed by atoms with van der Waals surface area (Å²) in [7, 11) is 3.55. The molecule has 0 heterocycles. The van der Waals surface area contributed by atoms with E-state index in [9.17, 15) is 4.79 Å². The molecule has 0 radical (unpaired) electrons. The number of ether oxygens (including phenoxy) is 1. The molecule has 0 unspecified atom stereocenters. The van der Waals surface area contributed by atoms with Gasteiger partial charge >= 0.3 is 5.97 Å². The van der Waals surface area contributed by atoms with Gasteiger partial charge in [0.15, 0.2) is 0 Å². The second-order valence-corrected chi connectivity index (χ2v) is 5.10. The Bertz CT molecular complexity index is 441. The minimum Gasteiger partial charge on any atom is -0.496 e. The predicted octanol–water partition coefficient (Wildman–Crippen LogP) is 2.69. The second-order valence-electron chi connectivity index (χ2n) is 5.10. The van der Waals surface area contributed by atoms with E-state index >= 15 is 0 Å². The summed E-state index contributed by atoms with van der Waals surface area (Å²) in [6.45, 7) is 5.81. The van der Waals surface area contributed by atoms with E-state index in [1.165, 1.54) is 0 Å². The molecule has 1 aromatic rings. The van der Waals surface area contributed by atoms with E-state index < -0.39 is 11.5 Å². The fourth-order valence-corrected chi connectivity index (χ4v) is 1.91. The first-order chi connectivity index (χ1) is 8.27. The molecule has 1 rings (SSSR count). The summed E-state index contributed by atoms with van der Waals surface area (Å²) >= 11 is 0. The third-order valence-corrected chi connectivity index (χ3v) is 3.26. The van der Waals surface area contributed by atoms with Crippen molar-refractivity contribution in [3.05, 3.63) is 23.8 Å². The van der Waals surface area contributed by atoms with Crippen molar-refractivity contribution in [2.75, 3.05) is 19.1 Å². The Morgan fingerprint density at radius 3 is 2.50 bits per heavy atom. The van der Waals surface area contributed by atoms with Crippen molar-refractivity contribution in [3.8, 4) is 5.75 Å². The van der Waals surface area contributed by atoms with Crippen LogP contribution in [-0.2, 0) is 4.79 Å². The van der Waals surface area contributed by atoms with Gasteiger partial charge in [0.05, 0.1) is 13.5 Å². The summed E-state index contributed by atoms with van der Waals surface area (Å²) in [6, 6.07) is 5.84. The van der Waals surface area contributed by atoms with Crippen LogP contribution in [0.2, 0.25) is 0 Å². The smallest absolute Gasteiger partial charge is 0.305 e. The molecule has 4 nitrogen and oxygen atoms in total. The lowest BCUT2D eigenvalue weighted by Gasteiger charge is -2.36. The average molecular weight is 251 g/mol. The first kappa shape index (κ1) is 14.4. The number of aryl methyl sites for hydroxylation is 1. The SMILES string of the molecule is COc1ccc(N(C)C(C)(C)CC(=O)O)cc1C. The molecule has 0 aromatic heterocycles. The molecule has 0 amide bonds. The number of benzene rings is 1. The molecule has 0 saturated heterocycles. The Labute approximate surface area is 108 Å². The highest BCUT2D eigenvalue weighted by Gasteiger charge is 2.27. The third kappa shape index (κ3) is 3.15. The molecule has 0 spiro atoms. The highest BCUT2D eigenvalue weighted by Crippen LogP contribution is 2.29. The fraction of sp³-hybridized carbons (Fsp3) is 0.500. The average Bonchev–Trinajstić information content (AvgIpc) is 2.26. The Kier molecular flexibility index (Phi) is 4.22. The van der Waals surface area contributed by atoms with Gasteiger partial charge < -0.3 is 14.7 Å². The zero-order valence-electron chi connectivity index (χ0n) is 11.7. The quantitative estimate of drug-likeness (QED) is 0.874. The number of carboxylic acid groups (broad SMARTS) is 1. The van der Waals surface area contributed by atoms with Crippen LogP contribution in [0.4, 0.5) is 5.69 Å². The number of nitrogens with zero attached hydrogens (tertiary/aromatic N) is 1. The molecule has 0 saturated carbocycles. The van der Waals surface area contributed by atoms with Gasteiger partial charge in [-0.3, -0.25) is 4.79 Å². The van der Waals surface area contributed by atoms with E-state index in [2.05, 4.69) is 0 Å². The minimum absolute atomic E-state index is 0.0918. The van der Waals surface area contributed by atoms with E-state index in [1.54, 1.807) is 7.11 Å². The van der Waals surface area contributed by atoms with Gasteiger partial charge in [-0.2, -0.15) is 0 Å². The van der Waals surface area contributed by atoms with E-state index in [0.29, 0.717) is 0 Å². The van der Waals surface area contributed by atoms with Crippen molar-refractivity contribution in [3.63, 3.8) is 0 Å². The molecular formula is C14H21NO3. The highest BCUT2D eigenvalue weighted by atomic mass is 16.5. The minimum atomic E-state index is -0.794. The van der Waals surface area contributed by atoms with Crippen molar-refractivity contribution in [2.24, 2.45) is 0 Å². The monoisotopic (exact) mass is 251 g/mol. The van der Waals surface area contributed by atoms with Crippen molar-refractivity contribution < 1.29 is 14.6 Å². The topological polar surface area (TPSA) is 49.8 Å². The van der Waals surface area contributed by atoms with Gasteiger partial charge in [0.1, 0.15) is 5.75 Å². The van der Waals surface area contributed by atoms with E-state index in [4.69, 9.17) is 9.84 Å². The van der Waals surface area contributed by atoms with Crippen LogP contribution < -0.4 is 9.64 Å². The lowest BCUT2D eigenvalue weighted by Crippen LogP contribution is -2.43. The molecule has 100 valence electrons. The van der Waals surface area contributed by atoms with Crippen molar-refractivity contribution in [2.45, 2.75) is 32.7 Å². The van der Waals surface area contributed by atoms with Crippen LogP contribution in [-0.4, -0.2) is 30.8 Å². The molecule has 4 heteroatoms. The Morgan fingerprint density at radius 2 is 2.06 bits per heavy atom. The maximum Gasteiger partial charge on any atom is 0.305 e. The Morgan fingerprint density at radius 1 is 1.44 bits per heavy atom. The van der Waals surface area contributed by atoms with Crippen LogP contribution in [0.25, 0.3) is 0 Å². The van der Waals surface area contributed by atoms with E-state index in [0.717, 1.165) is 17.0 Å². The molecular weight excluding hydrogens is 230 g/mol. The summed E-state index contributed by atoms with van der Waals surface area (Å²) in [5, 5.41) is 8.93. The molecule has 18 heavy (non-hydrogen) atoms. The van der Waals surface area contributed by atoms with Gasteiger partial charge in [0.2, 0.25) is 0 Å². The van der Waals surface area contributed by atoms with Gasteiger partial charge in [0, 0.05) is 18.3 Å². The summed E-state index contributed by atoms with van der Waals surface area (Å²) in [5.41, 5.74) is 1.58. The highest BCUT2D eigenvalue weighted by molar-refractivity contribution is 5.69. The number of aliphatic carboxylic acids is 1. The molecule has 0 aliphatic rings. The predicted molar refractivity (Wildman–Crippen MR) is 72.5 cm³/mol. The normalized spacial score (nSPS) is 11.2. The van der Waals surface area contributed by atoms with Crippen LogP contribution in [0.1, 0.15) is 25.8 Å². The van der Waals surface area contributed by atoms with Crippen LogP contribution in [0, 0.1) is 6.92 Å². The van der Waals surface area contributed by atoms with Gasteiger partial charge in [0.25, 0.3) is 0 Å². The van der Waals surface area contributed by atoms with Crippen molar-refractivity contribution >= 4 is 11.7 Å². The molecule has 0 aliphatic heterocycles. The molecule has 0 aliphatic carbocycles. The Hall–Kier alpha value is -1.71. The largest absolute Gasteiger partial charge is 0.496 e. The molecule has 0 atom stereocenters. The number of carboxylic acids is 1. The maximum absolute atomic E-state index is 10.9. The van der Waals surface area contributed by atoms with Crippen LogP contribution in [0.5, 0.6) is 5.75 Å². The van der Waals surface area contributed by atoms with Crippen LogP contribution in [0.3, 0.4) is 0 Å². The summed E-state index contributed by atoms with van der Waals surface area (Å²) in [5.74, 6) is 0.0419. The van der Waals surface area contributed by atoms with E-state index in [1.807, 2.05) is 50.9 Å². The molecule has 1 aromatic carbocycles. The van der Waals surface area contributed by atoms with Crippen molar-refractivity contribution in [1.82, 2.24) is 0 Å². The van der Waals surface area contributed by atoms with Crippen LogP contribution >= 0.6 is 0 Å². The number of hydrogen-bond acceptors (Lipinski definition) is 3. The van der Waals surface area contributed by atoms with E-state index in [-0.39, 0.29) is 6.42 Å². The van der Waals surface area contributed by atoms with Crippen LogP contribution in [0.15, 0.2) is 18.2 Å². The first-order valence-electron chi connectivity index (χ1n) is 5.88. The number of rotatable bonds is 5. The number of anilines is 1. The number of carbonyl (C=O) groups is 1. The maximum atomic E-state index is 10.9. The fourth-order valence-electron chi connectivity index (χ4n) is 1.91. The molecule has 0 fully saturated rings. The lowest BCUT2D eigenvalue weighted by atomic mass is 9.97. The third-order valence-electron chi connectivity index (χ3n) is 3.26. The second kappa shape index (κ2) is 5.29. The zero-order valence-corrected chi connectivity index (χ0v) is 11.7. The summed E-state index contributed by atoms with van der Waals surface area (Å²) in [4.78, 5) is 12.9.